The molecule has 2 nitrogen and oxygen atoms in total. The molecule has 1 amide bonds. The number of hydrogen-bond acceptors (Lipinski definition) is 2. The number of likely N-dealkylation sites (tertiary alicyclic amines) is 1. The second-order valence-electron chi connectivity index (χ2n) is 5.67. The summed E-state index contributed by atoms with van der Waals surface area (Å²) >= 11 is 7.47. The third kappa shape index (κ3) is 3.30. The van der Waals surface area contributed by atoms with E-state index in [0.717, 1.165) is 39.9 Å². The first-order valence-corrected chi connectivity index (χ1v) is 8.48. The van der Waals surface area contributed by atoms with Crippen LogP contribution < -0.4 is 0 Å². The Hall–Kier alpha value is -1.32. The summed E-state index contributed by atoms with van der Waals surface area (Å²) in [6.45, 7) is 3.98. The molecule has 1 fully saturated rings. The molecule has 2 heterocycles. The summed E-state index contributed by atoms with van der Waals surface area (Å²) in [7, 11) is 0. The van der Waals surface area contributed by atoms with Crippen LogP contribution in [0.4, 0.5) is 0 Å². The van der Waals surface area contributed by atoms with Gasteiger partial charge in [0.15, 0.2) is 0 Å². The molecule has 1 saturated heterocycles. The number of thiophene rings is 1. The third-order valence-electron chi connectivity index (χ3n) is 3.89. The van der Waals surface area contributed by atoms with Gasteiger partial charge in [-0.15, -0.1) is 11.3 Å². The minimum Gasteiger partial charge on any atom is -0.338 e. The van der Waals surface area contributed by atoms with Gasteiger partial charge in [-0.1, -0.05) is 30.7 Å². The van der Waals surface area contributed by atoms with Crippen LogP contribution in [0.1, 0.15) is 29.4 Å². The highest BCUT2D eigenvalue weighted by Gasteiger charge is 2.23. The van der Waals surface area contributed by atoms with Crippen LogP contribution in [-0.2, 0) is 0 Å². The summed E-state index contributed by atoms with van der Waals surface area (Å²) in [6.07, 6.45) is 2.34. The summed E-state index contributed by atoms with van der Waals surface area (Å²) in [5, 5.41) is 0.730. The third-order valence-corrected chi connectivity index (χ3v) is 5.26. The standard InChI is InChI=1S/C17H18ClNOS/c1-12-3-2-10-19(11-12)17(20)16-9-8-15(21-16)13-4-6-14(18)7-5-13/h4-9,12H,2-3,10-11H2,1H3/t12-/m0/s1. The van der Waals surface area contributed by atoms with Crippen molar-refractivity contribution >= 4 is 28.8 Å². The van der Waals surface area contributed by atoms with Crippen molar-refractivity contribution in [3.05, 3.63) is 46.3 Å². The van der Waals surface area contributed by atoms with Crippen LogP contribution in [0.25, 0.3) is 10.4 Å². The van der Waals surface area contributed by atoms with Crippen molar-refractivity contribution < 1.29 is 4.79 Å². The smallest absolute Gasteiger partial charge is 0.263 e. The molecule has 0 saturated carbocycles. The van der Waals surface area contributed by atoms with Gasteiger partial charge in [0.05, 0.1) is 4.88 Å². The summed E-state index contributed by atoms with van der Waals surface area (Å²) in [6, 6.07) is 11.7. The second kappa shape index (κ2) is 6.20. The van der Waals surface area contributed by atoms with Crippen molar-refractivity contribution in [2.24, 2.45) is 5.92 Å². The van der Waals surface area contributed by atoms with Crippen LogP contribution in [0.2, 0.25) is 5.02 Å². The molecule has 110 valence electrons. The van der Waals surface area contributed by atoms with Gasteiger partial charge in [0.1, 0.15) is 0 Å². The van der Waals surface area contributed by atoms with Gasteiger partial charge in [-0.05, 0) is 48.6 Å². The number of rotatable bonds is 2. The molecule has 1 atom stereocenters. The fourth-order valence-corrected chi connectivity index (χ4v) is 3.86. The molecule has 2 aromatic rings. The first-order valence-electron chi connectivity index (χ1n) is 7.28. The van der Waals surface area contributed by atoms with Gasteiger partial charge in [0.2, 0.25) is 0 Å². The fourth-order valence-electron chi connectivity index (χ4n) is 2.75. The minimum atomic E-state index is 0.173. The zero-order valence-electron chi connectivity index (χ0n) is 12.0. The normalized spacial score (nSPS) is 18.8. The van der Waals surface area contributed by atoms with Crippen molar-refractivity contribution in [3.63, 3.8) is 0 Å². The van der Waals surface area contributed by atoms with Crippen LogP contribution in [0, 0.1) is 5.92 Å². The first-order chi connectivity index (χ1) is 10.1. The maximum atomic E-state index is 12.6. The molecule has 1 aliphatic rings. The Morgan fingerprint density at radius 3 is 2.71 bits per heavy atom. The SMILES string of the molecule is C[C@H]1CCCN(C(=O)c2ccc(-c3ccc(Cl)cc3)s2)C1. The Morgan fingerprint density at radius 2 is 2.00 bits per heavy atom. The van der Waals surface area contributed by atoms with Gasteiger partial charge in [-0.3, -0.25) is 4.79 Å². The number of nitrogens with zero attached hydrogens (tertiary/aromatic N) is 1. The van der Waals surface area contributed by atoms with Crippen LogP contribution in [0.15, 0.2) is 36.4 Å². The van der Waals surface area contributed by atoms with Crippen molar-refractivity contribution in [1.82, 2.24) is 4.90 Å². The highest BCUT2D eigenvalue weighted by molar-refractivity contribution is 7.17. The number of benzene rings is 1. The highest BCUT2D eigenvalue weighted by atomic mass is 35.5. The number of carbonyl (C=O) groups is 1. The molecule has 3 rings (SSSR count). The predicted molar refractivity (Wildman–Crippen MR) is 89.1 cm³/mol. The Labute approximate surface area is 134 Å². The van der Waals surface area contributed by atoms with E-state index in [0.29, 0.717) is 5.92 Å². The Morgan fingerprint density at radius 1 is 1.24 bits per heavy atom. The zero-order valence-corrected chi connectivity index (χ0v) is 13.6. The van der Waals surface area contributed by atoms with Crippen molar-refractivity contribution in [3.8, 4) is 10.4 Å². The van der Waals surface area contributed by atoms with E-state index in [4.69, 9.17) is 11.6 Å². The second-order valence-corrected chi connectivity index (χ2v) is 7.19. The van der Waals surface area contributed by atoms with Crippen molar-refractivity contribution in [2.45, 2.75) is 19.8 Å². The molecule has 0 aliphatic carbocycles. The van der Waals surface area contributed by atoms with Gasteiger partial charge < -0.3 is 4.90 Å². The lowest BCUT2D eigenvalue weighted by molar-refractivity contribution is 0.0688. The monoisotopic (exact) mass is 319 g/mol. The molecular weight excluding hydrogens is 302 g/mol. The van der Waals surface area contributed by atoms with E-state index in [9.17, 15) is 4.79 Å². The van der Waals surface area contributed by atoms with Crippen molar-refractivity contribution in [2.75, 3.05) is 13.1 Å². The Kier molecular flexibility index (Phi) is 4.32. The van der Waals surface area contributed by atoms with E-state index >= 15 is 0 Å². The average molecular weight is 320 g/mol. The number of carbonyl (C=O) groups excluding carboxylic acids is 1. The maximum Gasteiger partial charge on any atom is 0.263 e. The van der Waals surface area contributed by atoms with Crippen LogP contribution >= 0.6 is 22.9 Å². The molecular formula is C17H18ClNOS. The Balaban J connectivity index is 1.78. The van der Waals surface area contributed by atoms with Gasteiger partial charge in [-0.2, -0.15) is 0 Å². The molecule has 1 aliphatic heterocycles. The highest BCUT2D eigenvalue weighted by Crippen LogP contribution is 2.30. The van der Waals surface area contributed by atoms with E-state index in [1.807, 2.05) is 41.3 Å². The van der Waals surface area contributed by atoms with E-state index in [-0.39, 0.29) is 5.91 Å². The molecule has 0 unspecified atom stereocenters. The lowest BCUT2D eigenvalue weighted by atomic mass is 10.0. The molecule has 21 heavy (non-hydrogen) atoms. The predicted octanol–water partition coefficient (Wildman–Crippen LogP) is 4.94. The van der Waals surface area contributed by atoms with Crippen LogP contribution in [0.3, 0.4) is 0 Å². The molecule has 0 spiro atoms. The van der Waals surface area contributed by atoms with E-state index < -0.39 is 0 Å². The van der Waals surface area contributed by atoms with Gasteiger partial charge in [0, 0.05) is 23.0 Å². The molecule has 0 bridgehead atoms. The topological polar surface area (TPSA) is 20.3 Å². The molecule has 0 radical (unpaired) electrons. The largest absolute Gasteiger partial charge is 0.338 e. The van der Waals surface area contributed by atoms with Crippen LogP contribution in [0.5, 0.6) is 0 Å². The number of amides is 1. The van der Waals surface area contributed by atoms with Gasteiger partial charge >= 0.3 is 0 Å². The summed E-state index contributed by atoms with van der Waals surface area (Å²) in [4.78, 5) is 16.5. The quantitative estimate of drug-likeness (QED) is 0.767. The van der Waals surface area contributed by atoms with Crippen LogP contribution in [-0.4, -0.2) is 23.9 Å². The Bertz CT molecular complexity index is 634. The van der Waals surface area contributed by atoms with Crippen molar-refractivity contribution in [1.29, 1.82) is 0 Å². The number of halogens is 1. The maximum absolute atomic E-state index is 12.6. The van der Waals surface area contributed by atoms with E-state index in [1.54, 1.807) is 11.3 Å². The number of hydrogen-bond donors (Lipinski definition) is 0. The molecule has 1 aromatic heterocycles. The summed E-state index contributed by atoms with van der Waals surface area (Å²) < 4.78 is 0. The first kappa shape index (κ1) is 14.6. The van der Waals surface area contributed by atoms with E-state index in [1.165, 1.54) is 6.42 Å². The average Bonchev–Trinajstić information content (AvgIpc) is 2.97. The number of piperidine rings is 1. The molecule has 1 aromatic carbocycles. The fraction of sp³-hybridized carbons (Fsp3) is 0.353. The summed E-state index contributed by atoms with van der Waals surface area (Å²) in [5.74, 6) is 0.783. The summed E-state index contributed by atoms with van der Waals surface area (Å²) in [5.41, 5.74) is 1.11. The minimum absolute atomic E-state index is 0.173. The molecule has 0 N–H and O–H groups in total. The van der Waals surface area contributed by atoms with Gasteiger partial charge in [-0.25, -0.2) is 0 Å². The lowest BCUT2D eigenvalue weighted by Crippen LogP contribution is -2.38. The van der Waals surface area contributed by atoms with E-state index in [2.05, 4.69) is 6.92 Å². The molecule has 4 heteroatoms. The zero-order chi connectivity index (χ0) is 14.8. The lowest BCUT2D eigenvalue weighted by Gasteiger charge is -2.30. The van der Waals surface area contributed by atoms with Gasteiger partial charge in [0.25, 0.3) is 5.91 Å².